The van der Waals surface area contributed by atoms with Gasteiger partial charge in [0.1, 0.15) is 0 Å². The van der Waals surface area contributed by atoms with E-state index in [-0.39, 0.29) is 0 Å². The molecule has 0 bridgehead atoms. The molecule has 92 valence electrons. The molecule has 0 N–H and O–H groups in total. The minimum absolute atomic E-state index is 0.383. The Morgan fingerprint density at radius 2 is 1.25 bits per heavy atom. The fourth-order valence-electron chi connectivity index (χ4n) is 3.96. The molecule has 0 aliphatic carbocycles. The van der Waals surface area contributed by atoms with Crippen molar-refractivity contribution in [3.63, 3.8) is 0 Å². The van der Waals surface area contributed by atoms with E-state index in [0.717, 1.165) is 11.1 Å². The molecule has 2 heteroatoms. The van der Waals surface area contributed by atoms with Gasteiger partial charge < -0.3 is 4.23 Å². The van der Waals surface area contributed by atoms with Crippen molar-refractivity contribution in [2.45, 2.75) is 64.6 Å². The smallest absolute Gasteiger partial charge is 0.171 e. The summed E-state index contributed by atoms with van der Waals surface area (Å²) in [6.07, 6.45) is 4.55. The minimum Gasteiger partial charge on any atom is -0.379 e. The van der Waals surface area contributed by atoms with Crippen molar-refractivity contribution in [3.8, 4) is 0 Å². The van der Waals surface area contributed by atoms with Crippen LogP contribution in [0.15, 0.2) is 24.5 Å². The van der Waals surface area contributed by atoms with Crippen molar-refractivity contribution in [2.24, 2.45) is 0 Å². The van der Waals surface area contributed by atoms with Crippen LogP contribution >= 0.6 is 0 Å². The van der Waals surface area contributed by atoms with Crippen molar-refractivity contribution in [3.05, 3.63) is 24.5 Å². The van der Waals surface area contributed by atoms with Gasteiger partial charge in [-0.15, -0.1) is 0 Å². The summed E-state index contributed by atoms with van der Waals surface area (Å²) in [6.45, 7) is 16.8. The Bertz CT molecular complexity index is 309. The fourth-order valence-corrected chi connectivity index (χ4v) is 11.4. The summed E-state index contributed by atoms with van der Waals surface area (Å²) >= 11 is 0. The van der Waals surface area contributed by atoms with Crippen molar-refractivity contribution in [1.82, 2.24) is 4.23 Å². The molecule has 0 aliphatic rings. The van der Waals surface area contributed by atoms with E-state index in [0.29, 0.717) is 5.04 Å². The molecule has 0 saturated heterocycles. The predicted octanol–water partition coefficient (Wildman–Crippen LogP) is 4.90. The molecular formula is C14H27NSi. The first-order valence-corrected chi connectivity index (χ1v) is 8.48. The molecule has 0 aliphatic heterocycles. The Labute approximate surface area is 102 Å². The molecule has 1 aromatic heterocycles. The summed E-state index contributed by atoms with van der Waals surface area (Å²) in [7, 11) is -1.56. The van der Waals surface area contributed by atoms with E-state index >= 15 is 0 Å². The van der Waals surface area contributed by atoms with Gasteiger partial charge in [-0.1, -0.05) is 48.5 Å². The van der Waals surface area contributed by atoms with E-state index in [4.69, 9.17) is 0 Å². The van der Waals surface area contributed by atoms with Gasteiger partial charge in [-0.25, -0.2) is 0 Å². The molecule has 0 unspecified atom stereocenters. The van der Waals surface area contributed by atoms with Crippen LogP contribution in [-0.2, 0) is 0 Å². The van der Waals surface area contributed by atoms with E-state index in [1.54, 1.807) is 0 Å². The maximum absolute atomic E-state index is 2.56. The molecule has 0 spiro atoms. The fraction of sp³-hybridized carbons (Fsp3) is 0.714. The lowest BCUT2D eigenvalue weighted by molar-refractivity contribution is 0.631. The summed E-state index contributed by atoms with van der Waals surface area (Å²) in [5.74, 6) is 0. The maximum Gasteiger partial charge on any atom is 0.171 e. The Morgan fingerprint density at radius 3 is 1.50 bits per heavy atom. The standard InChI is InChI=1S/C14H27NSi/c1-12(2)16(13(3)4,14(5,6)7)15-10-8-9-11-15/h8-13H,1-7H3. The van der Waals surface area contributed by atoms with Gasteiger partial charge in [0.25, 0.3) is 0 Å². The second-order valence-electron chi connectivity index (χ2n) is 6.48. The van der Waals surface area contributed by atoms with Crippen LogP contribution < -0.4 is 0 Å². The third-order valence-corrected chi connectivity index (χ3v) is 11.1. The van der Waals surface area contributed by atoms with Crippen LogP contribution in [0.4, 0.5) is 0 Å². The summed E-state index contributed by atoms with van der Waals surface area (Å²) in [5.41, 5.74) is 1.50. The zero-order chi connectivity index (χ0) is 12.6. The topological polar surface area (TPSA) is 4.93 Å². The first-order valence-electron chi connectivity index (χ1n) is 6.38. The molecular weight excluding hydrogens is 210 g/mol. The lowest BCUT2D eigenvalue weighted by Gasteiger charge is -2.50. The monoisotopic (exact) mass is 237 g/mol. The predicted molar refractivity (Wildman–Crippen MR) is 75.5 cm³/mol. The average Bonchev–Trinajstić information content (AvgIpc) is 2.53. The molecule has 0 radical (unpaired) electrons. The minimum atomic E-state index is -1.56. The van der Waals surface area contributed by atoms with E-state index in [9.17, 15) is 0 Å². The third-order valence-electron chi connectivity index (χ3n) is 3.99. The molecule has 0 fully saturated rings. The second kappa shape index (κ2) is 4.40. The van der Waals surface area contributed by atoms with Crippen LogP contribution in [0.1, 0.15) is 48.5 Å². The largest absolute Gasteiger partial charge is 0.379 e. The van der Waals surface area contributed by atoms with Gasteiger partial charge in [0.15, 0.2) is 8.24 Å². The van der Waals surface area contributed by atoms with Crippen molar-refractivity contribution < 1.29 is 0 Å². The van der Waals surface area contributed by atoms with Gasteiger partial charge in [0, 0.05) is 0 Å². The van der Waals surface area contributed by atoms with Crippen LogP contribution in [0.5, 0.6) is 0 Å². The summed E-state index contributed by atoms with van der Waals surface area (Å²) in [4.78, 5) is 0. The first kappa shape index (κ1) is 13.6. The molecule has 0 aromatic carbocycles. The molecule has 1 aromatic rings. The van der Waals surface area contributed by atoms with Crippen molar-refractivity contribution in [2.75, 3.05) is 0 Å². The molecule has 16 heavy (non-hydrogen) atoms. The van der Waals surface area contributed by atoms with Crippen LogP contribution in [0, 0.1) is 0 Å². The summed E-state index contributed by atoms with van der Waals surface area (Å²) in [5, 5.41) is 0.383. The van der Waals surface area contributed by atoms with E-state index in [2.05, 4.69) is 77.2 Å². The van der Waals surface area contributed by atoms with E-state index in [1.807, 2.05) is 0 Å². The summed E-state index contributed by atoms with van der Waals surface area (Å²) < 4.78 is 2.56. The maximum atomic E-state index is 2.56. The third kappa shape index (κ3) is 1.88. The van der Waals surface area contributed by atoms with Crippen molar-refractivity contribution >= 4 is 8.24 Å². The highest BCUT2D eigenvalue weighted by Crippen LogP contribution is 2.50. The van der Waals surface area contributed by atoms with Gasteiger partial charge in [-0.3, -0.25) is 0 Å². The normalized spacial score (nSPS) is 13.8. The Balaban J connectivity index is 3.41. The highest BCUT2D eigenvalue weighted by Gasteiger charge is 2.51. The van der Waals surface area contributed by atoms with Gasteiger partial charge in [-0.2, -0.15) is 0 Å². The molecule has 1 rings (SSSR count). The van der Waals surface area contributed by atoms with Gasteiger partial charge in [0.2, 0.25) is 0 Å². The van der Waals surface area contributed by atoms with Gasteiger partial charge in [0.05, 0.1) is 0 Å². The zero-order valence-electron chi connectivity index (χ0n) is 11.9. The lowest BCUT2D eigenvalue weighted by Crippen LogP contribution is -2.55. The zero-order valence-corrected chi connectivity index (χ0v) is 12.9. The van der Waals surface area contributed by atoms with E-state index in [1.165, 1.54) is 0 Å². The number of hydrogen-bond acceptors (Lipinski definition) is 0. The van der Waals surface area contributed by atoms with Crippen LogP contribution in [0.3, 0.4) is 0 Å². The first-order chi connectivity index (χ1) is 7.24. The molecule has 0 amide bonds. The van der Waals surface area contributed by atoms with Crippen LogP contribution in [0.25, 0.3) is 0 Å². The van der Waals surface area contributed by atoms with Crippen LogP contribution in [-0.4, -0.2) is 12.5 Å². The van der Waals surface area contributed by atoms with Crippen molar-refractivity contribution in [1.29, 1.82) is 0 Å². The quantitative estimate of drug-likeness (QED) is 0.659. The Kier molecular flexibility index (Phi) is 3.73. The lowest BCUT2D eigenvalue weighted by atomic mass is 10.2. The molecule has 1 nitrogen and oxygen atoms in total. The number of aromatic nitrogens is 1. The average molecular weight is 237 g/mol. The number of nitrogens with zero attached hydrogens (tertiary/aromatic N) is 1. The molecule has 0 saturated carbocycles. The second-order valence-corrected chi connectivity index (χ2v) is 12.5. The SMILES string of the molecule is CC(C)[Si](C(C)C)(n1cccc1)C(C)(C)C. The van der Waals surface area contributed by atoms with Gasteiger partial charge in [-0.05, 0) is 40.6 Å². The van der Waals surface area contributed by atoms with Crippen LogP contribution in [0.2, 0.25) is 16.1 Å². The van der Waals surface area contributed by atoms with Gasteiger partial charge >= 0.3 is 0 Å². The Morgan fingerprint density at radius 1 is 0.875 bits per heavy atom. The molecule has 0 atom stereocenters. The molecule has 1 heterocycles. The highest BCUT2D eigenvalue weighted by atomic mass is 28.3. The number of rotatable bonds is 3. The summed E-state index contributed by atoms with van der Waals surface area (Å²) in [6, 6.07) is 4.33. The Hall–Kier alpha value is -0.503. The highest BCUT2D eigenvalue weighted by molar-refractivity contribution is 6.83. The van der Waals surface area contributed by atoms with E-state index < -0.39 is 8.24 Å². The number of hydrogen-bond donors (Lipinski definition) is 0.